The van der Waals surface area contributed by atoms with Gasteiger partial charge in [0.05, 0.1) is 7.11 Å². The van der Waals surface area contributed by atoms with Crippen LogP contribution in [0.4, 0.5) is 0 Å². The fourth-order valence-corrected chi connectivity index (χ4v) is 3.26. The average molecular weight is 484 g/mol. The Morgan fingerprint density at radius 1 is 0.943 bits per heavy atom. The van der Waals surface area contributed by atoms with Gasteiger partial charge >= 0.3 is 0 Å². The van der Waals surface area contributed by atoms with Crippen molar-refractivity contribution < 1.29 is 28.6 Å². The zero-order valence-electron chi connectivity index (χ0n) is 20.4. The number of hydrogen-bond acceptors (Lipinski definition) is 6. The van der Waals surface area contributed by atoms with Gasteiger partial charge < -0.3 is 30.2 Å². The smallest absolute Gasteiger partial charge is 0.258 e. The first kappa shape index (κ1) is 25.9. The third-order valence-electron chi connectivity index (χ3n) is 5.17. The molecule has 35 heavy (non-hydrogen) atoms. The second kappa shape index (κ2) is 12.6. The standard InChI is InChI=1S/C26H33N3O6/c1-17(2)28-24(30)16-35-22-11-6-19(14-23(22)33-3)26(32)27-13-12-18-4-9-21(10-5-18)34-15-25(31)29-20-7-8-20/h4-6,9-11,14,17,20H,7-8,12-13,15-16H2,1-3H3,(H,27,32)(H,28,30)(H,29,31). The summed E-state index contributed by atoms with van der Waals surface area (Å²) in [5.74, 6) is 0.801. The summed E-state index contributed by atoms with van der Waals surface area (Å²) in [4.78, 5) is 36.0. The Hall–Kier alpha value is -3.75. The molecule has 1 aliphatic carbocycles. The van der Waals surface area contributed by atoms with Gasteiger partial charge in [0.25, 0.3) is 17.7 Å². The minimum absolute atomic E-state index is 0.00430. The number of nitrogens with one attached hydrogen (secondary N) is 3. The van der Waals surface area contributed by atoms with Crippen molar-refractivity contribution in [3.8, 4) is 17.2 Å². The highest BCUT2D eigenvalue weighted by Crippen LogP contribution is 2.28. The maximum Gasteiger partial charge on any atom is 0.258 e. The largest absolute Gasteiger partial charge is 0.493 e. The fraction of sp³-hybridized carbons (Fsp3) is 0.423. The molecule has 0 aliphatic heterocycles. The minimum atomic E-state index is -0.242. The van der Waals surface area contributed by atoms with Gasteiger partial charge in [0, 0.05) is 24.2 Å². The molecule has 3 N–H and O–H groups in total. The van der Waals surface area contributed by atoms with Gasteiger partial charge in [-0.2, -0.15) is 0 Å². The highest BCUT2D eigenvalue weighted by molar-refractivity contribution is 5.94. The molecule has 0 radical (unpaired) electrons. The Morgan fingerprint density at radius 2 is 1.66 bits per heavy atom. The first-order valence-electron chi connectivity index (χ1n) is 11.7. The van der Waals surface area contributed by atoms with E-state index in [1.165, 1.54) is 7.11 Å². The highest BCUT2D eigenvalue weighted by Gasteiger charge is 2.23. The number of amides is 3. The molecular formula is C26H33N3O6. The van der Waals surface area contributed by atoms with E-state index in [9.17, 15) is 14.4 Å². The van der Waals surface area contributed by atoms with Crippen molar-refractivity contribution >= 4 is 17.7 Å². The van der Waals surface area contributed by atoms with E-state index < -0.39 is 0 Å². The van der Waals surface area contributed by atoms with Gasteiger partial charge in [-0.25, -0.2) is 0 Å². The van der Waals surface area contributed by atoms with Crippen LogP contribution in [0, 0.1) is 0 Å². The predicted octanol–water partition coefficient (Wildman–Crippen LogP) is 2.23. The summed E-state index contributed by atoms with van der Waals surface area (Å²) in [6, 6.07) is 12.6. The van der Waals surface area contributed by atoms with Crippen molar-refractivity contribution in [1.29, 1.82) is 0 Å². The van der Waals surface area contributed by atoms with Gasteiger partial charge in [-0.1, -0.05) is 12.1 Å². The molecule has 0 atom stereocenters. The van der Waals surface area contributed by atoms with Crippen LogP contribution in [0.25, 0.3) is 0 Å². The van der Waals surface area contributed by atoms with Crippen molar-refractivity contribution in [1.82, 2.24) is 16.0 Å². The predicted molar refractivity (Wildman–Crippen MR) is 131 cm³/mol. The van der Waals surface area contributed by atoms with E-state index in [-0.39, 0.29) is 37.0 Å². The van der Waals surface area contributed by atoms with E-state index in [1.807, 2.05) is 38.1 Å². The lowest BCUT2D eigenvalue weighted by Gasteiger charge is -2.13. The van der Waals surface area contributed by atoms with E-state index in [2.05, 4.69) is 16.0 Å². The van der Waals surface area contributed by atoms with Crippen LogP contribution in [0.5, 0.6) is 17.2 Å². The Morgan fingerprint density at radius 3 is 2.31 bits per heavy atom. The first-order chi connectivity index (χ1) is 16.8. The van der Waals surface area contributed by atoms with Crippen LogP contribution >= 0.6 is 0 Å². The number of benzene rings is 2. The summed E-state index contributed by atoms with van der Waals surface area (Å²) in [6.45, 7) is 4.04. The topological polar surface area (TPSA) is 115 Å². The lowest BCUT2D eigenvalue weighted by molar-refractivity contribution is -0.124. The Labute approximate surface area is 205 Å². The Kier molecular flexibility index (Phi) is 9.34. The SMILES string of the molecule is COc1cc(C(=O)NCCc2ccc(OCC(=O)NC3CC3)cc2)ccc1OCC(=O)NC(C)C. The van der Waals surface area contributed by atoms with Crippen LogP contribution in [-0.2, 0) is 16.0 Å². The van der Waals surface area contributed by atoms with Crippen LogP contribution in [0.3, 0.4) is 0 Å². The van der Waals surface area contributed by atoms with Crippen LogP contribution in [0.2, 0.25) is 0 Å². The highest BCUT2D eigenvalue weighted by atomic mass is 16.5. The third-order valence-corrected chi connectivity index (χ3v) is 5.17. The molecule has 1 saturated carbocycles. The van der Waals surface area contributed by atoms with Crippen LogP contribution in [0.15, 0.2) is 42.5 Å². The number of hydrogen-bond donors (Lipinski definition) is 3. The monoisotopic (exact) mass is 483 g/mol. The Bertz CT molecular complexity index is 1020. The molecule has 9 nitrogen and oxygen atoms in total. The number of ether oxygens (including phenoxy) is 3. The Balaban J connectivity index is 1.43. The van der Waals surface area contributed by atoms with Gasteiger partial charge in [0.15, 0.2) is 24.7 Å². The van der Waals surface area contributed by atoms with Crippen LogP contribution in [-0.4, -0.2) is 56.7 Å². The lowest BCUT2D eigenvalue weighted by atomic mass is 10.1. The van der Waals surface area contributed by atoms with Crippen molar-refractivity contribution in [2.24, 2.45) is 0 Å². The van der Waals surface area contributed by atoms with Crippen molar-refractivity contribution in [2.45, 2.75) is 45.2 Å². The van der Waals surface area contributed by atoms with E-state index in [1.54, 1.807) is 18.2 Å². The quantitative estimate of drug-likeness (QED) is 0.403. The number of rotatable bonds is 13. The van der Waals surface area contributed by atoms with Crippen molar-refractivity contribution in [3.63, 3.8) is 0 Å². The normalized spacial score (nSPS) is 12.6. The molecule has 0 heterocycles. The number of carbonyl (C=O) groups is 3. The summed E-state index contributed by atoms with van der Waals surface area (Å²) < 4.78 is 16.3. The lowest BCUT2D eigenvalue weighted by Crippen LogP contribution is -2.34. The fourth-order valence-electron chi connectivity index (χ4n) is 3.26. The molecule has 0 saturated heterocycles. The van der Waals surface area contributed by atoms with E-state index in [0.717, 1.165) is 18.4 Å². The van der Waals surface area contributed by atoms with Gasteiger partial charge in [-0.05, 0) is 69.0 Å². The first-order valence-corrected chi connectivity index (χ1v) is 11.7. The molecule has 2 aromatic rings. The minimum Gasteiger partial charge on any atom is -0.493 e. The summed E-state index contributed by atoms with van der Waals surface area (Å²) in [5, 5.41) is 8.51. The molecule has 0 bridgehead atoms. The number of methoxy groups -OCH3 is 1. The third kappa shape index (κ3) is 8.84. The van der Waals surface area contributed by atoms with Crippen molar-refractivity contribution in [3.05, 3.63) is 53.6 Å². The van der Waals surface area contributed by atoms with Gasteiger partial charge in [0.1, 0.15) is 5.75 Å². The van der Waals surface area contributed by atoms with E-state index in [0.29, 0.717) is 41.8 Å². The molecule has 1 fully saturated rings. The molecule has 9 heteroatoms. The molecule has 0 unspecified atom stereocenters. The molecular weight excluding hydrogens is 450 g/mol. The van der Waals surface area contributed by atoms with Gasteiger partial charge in [-0.15, -0.1) is 0 Å². The molecule has 1 aliphatic rings. The van der Waals surface area contributed by atoms with Crippen LogP contribution < -0.4 is 30.2 Å². The van der Waals surface area contributed by atoms with Gasteiger partial charge in [0.2, 0.25) is 0 Å². The maximum atomic E-state index is 12.6. The second-order valence-corrected chi connectivity index (χ2v) is 8.66. The number of carbonyl (C=O) groups excluding carboxylic acids is 3. The zero-order valence-corrected chi connectivity index (χ0v) is 20.4. The molecule has 0 aromatic heterocycles. The summed E-state index contributed by atoms with van der Waals surface area (Å²) in [5.41, 5.74) is 1.45. The zero-order chi connectivity index (χ0) is 25.2. The van der Waals surface area contributed by atoms with E-state index in [4.69, 9.17) is 14.2 Å². The summed E-state index contributed by atoms with van der Waals surface area (Å²) in [6.07, 6.45) is 2.73. The molecule has 0 spiro atoms. The molecule has 2 aromatic carbocycles. The maximum absolute atomic E-state index is 12.6. The van der Waals surface area contributed by atoms with Crippen LogP contribution in [0.1, 0.15) is 42.6 Å². The van der Waals surface area contributed by atoms with Gasteiger partial charge in [-0.3, -0.25) is 14.4 Å². The molecule has 3 amide bonds. The summed E-state index contributed by atoms with van der Waals surface area (Å²) in [7, 11) is 1.48. The van der Waals surface area contributed by atoms with E-state index >= 15 is 0 Å². The van der Waals surface area contributed by atoms with Crippen molar-refractivity contribution in [2.75, 3.05) is 26.9 Å². The second-order valence-electron chi connectivity index (χ2n) is 8.66. The molecule has 3 rings (SSSR count). The average Bonchev–Trinajstić information content (AvgIpc) is 3.65. The molecule has 188 valence electrons. The summed E-state index contributed by atoms with van der Waals surface area (Å²) >= 11 is 0.